The number of anilines is 1. The number of carbonyl (C=O) groups is 1. The molecule has 41 heavy (non-hydrogen) atoms. The monoisotopic (exact) mass is 577 g/mol. The first-order valence-electron chi connectivity index (χ1n) is 12.7. The van der Waals surface area contributed by atoms with Gasteiger partial charge in [0.05, 0.1) is 52.1 Å². The zero-order valence-electron chi connectivity index (χ0n) is 23.1. The van der Waals surface area contributed by atoms with Crippen LogP contribution in [-0.2, 0) is 10.3 Å². The van der Waals surface area contributed by atoms with Gasteiger partial charge in [0.2, 0.25) is 5.88 Å². The number of rotatable bonds is 8. The van der Waals surface area contributed by atoms with Gasteiger partial charge in [-0.3, -0.25) is 10.3 Å². The molecule has 0 spiro atoms. The number of pyridine rings is 1. The summed E-state index contributed by atoms with van der Waals surface area (Å²) >= 11 is 1.38. The van der Waals surface area contributed by atoms with Crippen LogP contribution in [0.3, 0.4) is 0 Å². The first-order chi connectivity index (χ1) is 19.5. The van der Waals surface area contributed by atoms with E-state index < -0.39 is 23.6 Å². The molecule has 212 valence electrons. The first-order valence-corrected chi connectivity index (χ1v) is 13.5. The summed E-state index contributed by atoms with van der Waals surface area (Å²) in [6, 6.07) is 10.0. The highest BCUT2D eigenvalue weighted by Crippen LogP contribution is 2.37. The average molecular weight is 578 g/mol. The van der Waals surface area contributed by atoms with E-state index in [0.29, 0.717) is 38.8 Å². The van der Waals surface area contributed by atoms with Crippen LogP contribution in [0.5, 0.6) is 11.6 Å². The minimum Gasteiger partial charge on any atom is -0.484 e. The van der Waals surface area contributed by atoms with E-state index in [9.17, 15) is 14.3 Å². The molecule has 0 aliphatic carbocycles. The third-order valence-corrected chi connectivity index (χ3v) is 7.12. The van der Waals surface area contributed by atoms with Crippen LogP contribution in [0, 0.1) is 12.7 Å². The molecule has 3 aromatic heterocycles. The zero-order chi connectivity index (χ0) is 29.3. The molecule has 3 heterocycles. The lowest BCUT2D eigenvalue weighted by Gasteiger charge is -2.17. The summed E-state index contributed by atoms with van der Waals surface area (Å²) in [7, 11) is 1.54. The second-order valence-corrected chi connectivity index (χ2v) is 11.0. The maximum atomic E-state index is 15.0. The van der Waals surface area contributed by atoms with E-state index >= 15 is 0 Å². The maximum absolute atomic E-state index is 15.0. The summed E-state index contributed by atoms with van der Waals surface area (Å²) in [4.78, 5) is 30.0. The molecule has 0 aliphatic rings. The highest BCUT2D eigenvalue weighted by molar-refractivity contribution is 7.21. The molecule has 0 aliphatic heterocycles. The number of aromatic nitrogens is 4. The Hall–Kier alpha value is -4.42. The van der Waals surface area contributed by atoms with Crippen LogP contribution in [0.1, 0.15) is 32.0 Å². The van der Waals surface area contributed by atoms with Gasteiger partial charge < -0.3 is 19.3 Å². The van der Waals surface area contributed by atoms with Crippen molar-refractivity contribution in [1.29, 1.82) is 0 Å². The molecule has 5 aromatic rings. The molecule has 0 bridgehead atoms. The number of thiazole rings is 1. The number of nitrogens with zero attached hydrogens (tertiary/aromatic N) is 4. The molecule has 0 radical (unpaired) electrons. The van der Waals surface area contributed by atoms with Gasteiger partial charge in [-0.05, 0) is 57.5 Å². The van der Waals surface area contributed by atoms with E-state index in [1.807, 2.05) is 19.1 Å². The van der Waals surface area contributed by atoms with E-state index in [1.54, 1.807) is 45.2 Å². The maximum Gasteiger partial charge on any atom is 0.411 e. The molecular weight excluding hydrogens is 549 g/mol. The Kier molecular flexibility index (Phi) is 7.70. The van der Waals surface area contributed by atoms with Crippen molar-refractivity contribution in [3.05, 3.63) is 65.9 Å². The summed E-state index contributed by atoms with van der Waals surface area (Å²) in [6.45, 7) is 6.73. The molecule has 10 nitrogen and oxygen atoms in total. The van der Waals surface area contributed by atoms with Gasteiger partial charge in [0.1, 0.15) is 23.3 Å². The fourth-order valence-corrected chi connectivity index (χ4v) is 5.06. The number of aliphatic hydroxyl groups is 1. The number of hydrogen-bond donors (Lipinski definition) is 2. The Morgan fingerprint density at radius 1 is 1.12 bits per heavy atom. The Bertz CT molecular complexity index is 1740. The van der Waals surface area contributed by atoms with Gasteiger partial charge in [-0.15, -0.1) is 11.3 Å². The summed E-state index contributed by atoms with van der Waals surface area (Å²) in [5.74, 6) is -0.146. The van der Waals surface area contributed by atoms with Crippen molar-refractivity contribution in [3.8, 4) is 22.2 Å². The Labute approximate surface area is 239 Å². The lowest BCUT2D eigenvalue weighted by atomic mass is 10.1. The minimum absolute atomic E-state index is 0.0224. The van der Waals surface area contributed by atoms with E-state index in [2.05, 4.69) is 25.3 Å². The van der Waals surface area contributed by atoms with Gasteiger partial charge in [-0.2, -0.15) is 0 Å². The van der Waals surface area contributed by atoms with Crippen molar-refractivity contribution in [2.45, 2.75) is 39.4 Å². The molecule has 2 N–H and O–H groups in total. The zero-order valence-corrected chi connectivity index (χ0v) is 23.9. The van der Waals surface area contributed by atoms with Crippen LogP contribution in [-0.4, -0.2) is 51.0 Å². The van der Waals surface area contributed by atoms with Crippen LogP contribution in [0.15, 0.2) is 48.8 Å². The van der Waals surface area contributed by atoms with Crippen LogP contribution in [0.25, 0.3) is 31.8 Å². The number of amides is 1. The third-order valence-electron chi connectivity index (χ3n) is 6.06. The predicted molar refractivity (Wildman–Crippen MR) is 154 cm³/mol. The fourth-order valence-electron chi connectivity index (χ4n) is 4.07. The number of methoxy groups -OCH3 is 1. The Morgan fingerprint density at radius 3 is 2.63 bits per heavy atom. The van der Waals surface area contributed by atoms with E-state index in [0.717, 1.165) is 15.8 Å². The van der Waals surface area contributed by atoms with Crippen molar-refractivity contribution in [3.63, 3.8) is 0 Å². The Morgan fingerprint density at radius 2 is 1.93 bits per heavy atom. The molecule has 1 atom stereocenters. The quantitative estimate of drug-likeness (QED) is 0.228. The number of ether oxygens (including phenoxy) is 3. The van der Waals surface area contributed by atoms with Crippen molar-refractivity contribution in [2.24, 2.45) is 0 Å². The summed E-state index contributed by atoms with van der Waals surface area (Å²) < 4.78 is 31.9. The third kappa shape index (κ3) is 6.34. The van der Waals surface area contributed by atoms with E-state index in [1.165, 1.54) is 30.7 Å². The van der Waals surface area contributed by atoms with Crippen LogP contribution in [0.4, 0.5) is 14.9 Å². The predicted octanol–water partition coefficient (Wildman–Crippen LogP) is 6.00. The van der Waals surface area contributed by atoms with Crippen molar-refractivity contribution >= 4 is 44.4 Å². The van der Waals surface area contributed by atoms with Gasteiger partial charge in [0.25, 0.3) is 0 Å². The number of carbonyl (C=O) groups excluding carboxylic acids is 1. The van der Waals surface area contributed by atoms with Gasteiger partial charge in [0.15, 0.2) is 11.6 Å². The number of halogens is 1. The summed E-state index contributed by atoms with van der Waals surface area (Å²) in [5, 5.41) is 13.2. The molecule has 5 rings (SSSR count). The highest BCUT2D eigenvalue weighted by atomic mass is 32.1. The number of fused-ring (bicyclic) bond motifs is 2. The molecule has 2 aromatic carbocycles. The molecule has 12 heteroatoms. The van der Waals surface area contributed by atoms with Crippen molar-refractivity contribution < 1.29 is 28.5 Å². The van der Waals surface area contributed by atoms with E-state index in [4.69, 9.17) is 14.2 Å². The average Bonchev–Trinajstić information content (AvgIpc) is 3.33. The van der Waals surface area contributed by atoms with Crippen LogP contribution < -0.4 is 14.8 Å². The van der Waals surface area contributed by atoms with Gasteiger partial charge in [0, 0.05) is 17.7 Å². The minimum atomic E-state index is -1.09. The second kappa shape index (κ2) is 11.2. The van der Waals surface area contributed by atoms with Crippen molar-refractivity contribution in [2.75, 3.05) is 19.0 Å². The molecular formula is C29H28FN5O5S. The van der Waals surface area contributed by atoms with Crippen LogP contribution >= 0.6 is 11.3 Å². The number of nitrogens with one attached hydrogen (secondary N) is 1. The molecule has 1 amide bonds. The number of aryl methyl sites for hydroxylation is 1. The number of benzene rings is 2. The lowest BCUT2D eigenvalue weighted by Crippen LogP contribution is -2.24. The fraction of sp³-hybridized carbons (Fsp3) is 0.276. The standard InChI is InChI=1S/C29H28FN5O5S/c1-15-8-18(26-21(9-15)34-25(38-5)13-32-26)27-35-20-10-19(30)22(11-23(20)41-27)40-16(2)14-39-28(36)33-17-6-7-24(31-12-17)29(3,4)37/h6-13,16,37H,14H2,1-5H3,(H,33,36). The molecule has 0 fully saturated rings. The molecule has 0 saturated carbocycles. The van der Waals surface area contributed by atoms with Crippen LogP contribution in [0.2, 0.25) is 0 Å². The van der Waals surface area contributed by atoms with E-state index in [-0.39, 0.29) is 12.4 Å². The van der Waals surface area contributed by atoms with Gasteiger partial charge in [-0.25, -0.2) is 24.1 Å². The van der Waals surface area contributed by atoms with Crippen molar-refractivity contribution in [1.82, 2.24) is 19.9 Å². The Balaban J connectivity index is 1.27. The smallest absolute Gasteiger partial charge is 0.411 e. The normalized spacial score (nSPS) is 12.4. The van der Waals surface area contributed by atoms with Gasteiger partial charge in [-0.1, -0.05) is 0 Å². The first kappa shape index (κ1) is 28.1. The highest BCUT2D eigenvalue weighted by Gasteiger charge is 2.19. The second-order valence-electron chi connectivity index (χ2n) is 10.0. The SMILES string of the molecule is COc1cnc2c(-c3nc4cc(F)c(OC(C)COC(=O)Nc5ccc(C(C)(C)O)nc5)cc4s3)cc(C)cc2n1. The lowest BCUT2D eigenvalue weighted by molar-refractivity contribution is 0.0739. The summed E-state index contributed by atoms with van der Waals surface area (Å²) in [5.41, 5.74) is 3.37. The summed E-state index contributed by atoms with van der Waals surface area (Å²) in [6.07, 6.45) is 1.62. The molecule has 0 saturated heterocycles. The topological polar surface area (TPSA) is 129 Å². The number of hydrogen-bond acceptors (Lipinski definition) is 10. The molecule has 1 unspecified atom stereocenters. The largest absolute Gasteiger partial charge is 0.484 e. The van der Waals surface area contributed by atoms with Gasteiger partial charge >= 0.3 is 6.09 Å².